The van der Waals surface area contributed by atoms with Gasteiger partial charge in [-0.2, -0.15) is 0 Å². The number of rotatable bonds is 12. The van der Waals surface area contributed by atoms with E-state index >= 15 is 0 Å². The lowest BCUT2D eigenvalue weighted by Crippen LogP contribution is -2.17. The maximum atomic E-state index is 9.61. The molecule has 0 rings (SSSR count). The minimum absolute atomic E-state index is 0.135. The standard InChI is InChI=1S/C12H27O4P/c1-4-7-10-16-17(13)11-8-9-12(14-5-2)15-6-3/h12-13H,4-11H2,1-3H3. The van der Waals surface area contributed by atoms with Gasteiger partial charge in [-0.05, 0) is 33.1 Å². The first-order valence-corrected chi connectivity index (χ1v) is 7.96. The predicted molar refractivity (Wildman–Crippen MR) is 71.1 cm³/mol. The third kappa shape index (κ3) is 11.1. The van der Waals surface area contributed by atoms with E-state index in [-0.39, 0.29) is 6.29 Å². The second kappa shape index (κ2) is 12.7. The van der Waals surface area contributed by atoms with E-state index in [9.17, 15) is 4.89 Å². The second-order valence-corrected chi connectivity index (χ2v) is 5.15. The summed E-state index contributed by atoms with van der Waals surface area (Å²) >= 11 is 0. The molecule has 0 fully saturated rings. The first-order valence-electron chi connectivity index (χ1n) is 6.57. The Kier molecular flexibility index (Phi) is 12.9. The Balaban J connectivity index is 3.50. The van der Waals surface area contributed by atoms with Crippen molar-refractivity contribution >= 4 is 8.38 Å². The highest BCUT2D eigenvalue weighted by atomic mass is 31.2. The summed E-state index contributed by atoms with van der Waals surface area (Å²) in [5.74, 6) is 0. The lowest BCUT2D eigenvalue weighted by atomic mass is 10.3. The van der Waals surface area contributed by atoms with Gasteiger partial charge in [-0.25, -0.2) is 0 Å². The zero-order chi connectivity index (χ0) is 12.9. The van der Waals surface area contributed by atoms with Crippen molar-refractivity contribution in [3.63, 3.8) is 0 Å². The van der Waals surface area contributed by atoms with Gasteiger partial charge in [-0.1, -0.05) is 13.3 Å². The van der Waals surface area contributed by atoms with Gasteiger partial charge in [-0.15, -0.1) is 0 Å². The summed E-state index contributed by atoms with van der Waals surface area (Å²) in [6.07, 6.45) is 4.37. The van der Waals surface area contributed by atoms with Crippen LogP contribution >= 0.6 is 8.38 Å². The number of hydrogen-bond acceptors (Lipinski definition) is 4. The average Bonchev–Trinajstić information content (AvgIpc) is 2.30. The summed E-state index contributed by atoms with van der Waals surface area (Å²) in [4.78, 5) is 9.61. The lowest BCUT2D eigenvalue weighted by Gasteiger charge is -2.17. The van der Waals surface area contributed by atoms with E-state index in [0.717, 1.165) is 25.7 Å². The van der Waals surface area contributed by atoms with Crippen LogP contribution in [0.3, 0.4) is 0 Å². The third-order valence-electron chi connectivity index (χ3n) is 2.23. The quantitative estimate of drug-likeness (QED) is 0.334. The fraction of sp³-hybridized carbons (Fsp3) is 1.00. The molecule has 0 aromatic rings. The predicted octanol–water partition coefficient (Wildman–Crippen LogP) is 3.29. The number of hydrogen-bond donors (Lipinski definition) is 1. The van der Waals surface area contributed by atoms with E-state index in [4.69, 9.17) is 14.0 Å². The van der Waals surface area contributed by atoms with Crippen LogP contribution < -0.4 is 0 Å². The molecule has 17 heavy (non-hydrogen) atoms. The van der Waals surface area contributed by atoms with E-state index in [1.54, 1.807) is 0 Å². The summed E-state index contributed by atoms with van der Waals surface area (Å²) in [5, 5.41) is 0. The highest BCUT2D eigenvalue weighted by molar-refractivity contribution is 7.46. The summed E-state index contributed by atoms with van der Waals surface area (Å²) in [6.45, 7) is 8.01. The van der Waals surface area contributed by atoms with Crippen molar-refractivity contribution < 1.29 is 18.9 Å². The van der Waals surface area contributed by atoms with Crippen molar-refractivity contribution in [2.45, 2.75) is 52.7 Å². The Labute approximate surface area is 107 Å². The largest absolute Gasteiger partial charge is 0.353 e. The molecule has 0 aliphatic heterocycles. The lowest BCUT2D eigenvalue weighted by molar-refractivity contribution is -0.139. The summed E-state index contributed by atoms with van der Waals surface area (Å²) < 4.78 is 16.2. The molecule has 0 saturated heterocycles. The zero-order valence-corrected chi connectivity index (χ0v) is 12.2. The molecule has 0 aromatic heterocycles. The van der Waals surface area contributed by atoms with E-state index < -0.39 is 8.38 Å². The maximum absolute atomic E-state index is 9.61. The maximum Gasteiger partial charge on any atom is 0.167 e. The minimum atomic E-state index is -1.25. The zero-order valence-electron chi connectivity index (χ0n) is 11.4. The molecular weight excluding hydrogens is 239 g/mol. The van der Waals surface area contributed by atoms with Gasteiger partial charge < -0.3 is 18.9 Å². The van der Waals surface area contributed by atoms with Crippen molar-refractivity contribution in [3.05, 3.63) is 0 Å². The van der Waals surface area contributed by atoms with Crippen molar-refractivity contribution in [2.75, 3.05) is 26.0 Å². The van der Waals surface area contributed by atoms with Gasteiger partial charge in [0.1, 0.15) is 0 Å². The highest BCUT2D eigenvalue weighted by Gasteiger charge is 2.10. The van der Waals surface area contributed by atoms with E-state index in [1.807, 2.05) is 13.8 Å². The van der Waals surface area contributed by atoms with Crippen LogP contribution in [-0.4, -0.2) is 37.2 Å². The first kappa shape index (κ1) is 17.3. The van der Waals surface area contributed by atoms with Crippen LogP contribution in [0.15, 0.2) is 0 Å². The van der Waals surface area contributed by atoms with Gasteiger partial charge in [0.05, 0.1) is 6.61 Å². The smallest absolute Gasteiger partial charge is 0.167 e. The Morgan fingerprint density at radius 1 is 1.06 bits per heavy atom. The van der Waals surface area contributed by atoms with Crippen molar-refractivity contribution in [1.29, 1.82) is 0 Å². The topological polar surface area (TPSA) is 47.9 Å². The molecule has 1 unspecified atom stereocenters. The van der Waals surface area contributed by atoms with Gasteiger partial charge in [0.15, 0.2) is 14.7 Å². The number of unbranched alkanes of at least 4 members (excludes halogenated alkanes) is 1. The SMILES string of the molecule is CCCCOP(O)CCCC(OCC)OCC. The summed E-state index contributed by atoms with van der Waals surface area (Å²) in [7, 11) is -1.25. The van der Waals surface area contributed by atoms with Crippen LogP contribution in [0.5, 0.6) is 0 Å². The fourth-order valence-electron chi connectivity index (χ4n) is 1.36. The molecule has 104 valence electrons. The molecule has 0 saturated carbocycles. The van der Waals surface area contributed by atoms with Crippen molar-refractivity contribution in [1.82, 2.24) is 0 Å². The van der Waals surface area contributed by atoms with Gasteiger partial charge in [0.2, 0.25) is 0 Å². The average molecular weight is 266 g/mol. The summed E-state index contributed by atoms with van der Waals surface area (Å²) in [6, 6.07) is 0. The van der Waals surface area contributed by atoms with E-state index in [1.165, 1.54) is 0 Å². The first-order chi connectivity index (χ1) is 8.24. The van der Waals surface area contributed by atoms with E-state index in [2.05, 4.69) is 6.92 Å². The monoisotopic (exact) mass is 266 g/mol. The molecule has 0 spiro atoms. The number of ether oxygens (including phenoxy) is 2. The molecule has 4 nitrogen and oxygen atoms in total. The molecule has 1 atom stereocenters. The summed E-state index contributed by atoms with van der Waals surface area (Å²) in [5.41, 5.74) is 0. The Bertz CT molecular complexity index is 151. The molecule has 0 aliphatic carbocycles. The Morgan fingerprint density at radius 2 is 1.71 bits per heavy atom. The van der Waals surface area contributed by atoms with Crippen LogP contribution in [0.25, 0.3) is 0 Å². The van der Waals surface area contributed by atoms with Crippen LogP contribution in [0.2, 0.25) is 0 Å². The Hall–Kier alpha value is 0.270. The van der Waals surface area contributed by atoms with Gasteiger partial charge >= 0.3 is 0 Å². The van der Waals surface area contributed by atoms with Gasteiger partial charge in [0, 0.05) is 19.4 Å². The van der Waals surface area contributed by atoms with Crippen LogP contribution in [0, 0.1) is 0 Å². The molecular formula is C12H27O4P. The molecule has 0 amide bonds. The molecule has 1 N–H and O–H groups in total. The molecule has 5 heteroatoms. The van der Waals surface area contributed by atoms with Crippen LogP contribution in [0.1, 0.15) is 46.5 Å². The molecule has 0 radical (unpaired) electrons. The molecule has 0 aromatic carbocycles. The minimum Gasteiger partial charge on any atom is -0.353 e. The fourth-order valence-corrected chi connectivity index (χ4v) is 2.28. The highest BCUT2D eigenvalue weighted by Crippen LogP contribution is 2.32. The molecule has 0 aliphatic rings. The van der Waals surface area contributed by atoms with Gasteiger partial charge in [-0.3, -0.25) is 0 Å². The molecule has 0 bridgehead atoms. The van der Waals surface area contributed by atoms with Gasteiger partial charge in [0.25, 0.3) is 0 Å². The molecule has 0 heterocycles. The van der Waals surface area contributed by atoms with Crippen LogP contribution in [0.4, 0.5) is 0 Å². The Morgan fingerprint density at radius 3 is 2.24 bits per heavy atom. The third-order valence-corrected chi connectivity index (χ3v) is 3.41. The van der Waals surface area contributed by atoms with E-state index in [0.29, 0.717) is 26.0 Å². The normalized spacial score (nSPS) is 13.2. The van der Waals surface area contributed by atoms with Crippen molar-refractivity contribution in [2.24, 2.45) is 0 Å². The van der Waals surface area contributed by atoms with Crippen molar-refractivity contribution in [3.8, 4) is 0 Å². The van der Waals surface area contributed by atoms with Crippen LogP contribution in [-0.2, 0) is 14.0 Å². The second-order valence-electron chi connectivity index (χ2n) is 3.75.